The minimum atomic E-state index is -0.948. The minimum absolute atomic E-state index is 0.250. The van der Waals surface area contributed by atoms with Gasteiger partial charge in [-0.25, -0.2) is 4.79 Å². The molecular formula is C76H81N3O4S2. The number of rotatable bonds is 30. The van der Waals surface area contributed by atoms with Gasteiger partial charge in [-0.2, -0.15) is 8.75 Å². The Bertz CT molecular complexity index is 3700. The van der Waals surface area contributed by atoms with Gasteiger partial charge in [-0.15, -0.1) is 11.3 Å². The number of carbonyl (C=O) groups is 1. The van der Waals surface area contributed by atoms with E-state index in [1.165, 1.54) is 151 Å². The van der Waals surface area contributed by atoms with Crippen molar-refractivity contribution in [3.8, 4) is 43.5 Å². The number of benzene rings is 8. The van der Waals surface area contributed by atoms with Gasteiger partial charge in [0.25, 0.3) is 0 Å². The van der Waals surface area contributed by atoms with Crippen molar-refractivity contribution in [2.24, 2.45) is 0 Å². The predicted molar refractivity (Wildman–Crippen MR) is 358 cm³/mol. The topological polar surface area (TPSA) is 84.8 Å². The van der Waals surface area contributed by atoms with Crippen molar-refractivity contribution >= 4 is 67.9 Å². The molecule has 2 heterocycles. The average Bonchev–Trinajstić information content (AvgIpc) is 1.71. The second-order valence-corrected chi connectivity index (χ2v) is 24.7. The summed E-state index contributed by atoms with van der Waals surface area (Å²) in [4.78, 5) is 16.6. The number of unbranched alkanes of at least 4 members (excludes halogenated alkanes) is 12. The van der Waals surface area contributed by atoms with Crippen molar-refractivity contribution in [3.05, 3.63) is 209 Å². The van der Waals surface area contributed by atoms with Crippen LogP contribution >= 0.6 is 23.1 Å². The fraction of sp³-hybridized carbons (Fsp3) is 0.329. The first-order valence-corrected chi connectivity index (χ1v) is 33.1. The van der Waals surface area contributed by atoms with E-state index >= 15 is 0 Å². The molecule has 0 radical (unpaired) electrons. The van der Waals surface area contributed by atoms with Crippen LogP contribution in [-0.4, -0.2) is 33.0 Å². The van der Waals surface area contributed by atoms with Gasteiger partial charge in [-0.05, 0) is 156 Å². The lowest BCUT2D eigenvalue weighted by atomic mass is 9.61. The molecule has 0 amide bonds. The number of aromatic nitrogens is 2. The van der Waals surface area contributed by atoms with Crippen LogP contribution in [0.3, 0.4) is 0 Å². The number of ether oxygens (including phenoxy) is 2. The fourth-order valence-corrected chi connectivity index (χ4v) is 14.6. The molecule has 1 aliphatic rings. The Balaban J connectivity index is 1.12. The minimum Gasteiger partial charge on any atom is -0.494 e. The molecule has 0 aliphatic heterocycles. The van der Waals surface area contributed by atoms with Gasteiger partial charge in [0.05, 0.1) is 41.6 Å². The Morgan fingerprint density at radius 3 is 1.54 bits per heavy atom. The monoisotopic (exact) mass is 1160 g/mol. The van der Waals surface area contributed by atoms with Gasteiger partial charge in [-0.3, -0.25) is 0 Å². The zero-order valence-electron chi connectivity index (χ0n) is 50.1. The van der Waals surface area contributed by atoms with Crippen molar-refractivity contribution in [1.29, 1.82) is 0 Å². The number of fused-ring (bicyclic) bond motifs is 3. The molecule has 7 nitrogen and oxygen atoms in total. The number of nitrogens with zero attached hydrogens (tertiary/aromatic N) is 3. The Morgan fingerprint density at radius 1 is 0.506 bits per heavy atom. The van der Waals surface area contributed by atoms with Gasteiger partial charge < -0.3 is 19.5 Å². The van der Waals surface area contributed by atoms with Crippen molar-refractivity contribution in [1.82, 2.24) is 8.75 Å². The summed E-state index contributed by atoms with van der Waals surface area (Å²) in [6.45, 7) is 10.5. The molecular weight excluding hydrogens is 1080 g/mol. The van der Waals surface area contributed by atoms with Crippen molar-refractivity contribution < 1.29 is 19.4 Å². The van der Waals surface area contributed by atoms with Gasteiger partial charge >= 0.3 is 5.97 Å². The summed E-state index contributed by atoms with van der Waals surface area (Å²) in [5.74, 6) is 0.808. The zero-order valence-corrected chi connectivity index (χ0v) is 51.8. The third-order valence-electron chi connectivity index (χ3n) is 17.3. The van der Waals surface area contributed by atoms with Crippen LogP contribution in [0.1, 0.15) is 174 Å². The summed E-state index contributed by atoms with van der Waals surface area (Å²) in [5, 5.41) is 12.1. The lowest BCUT2D eigenvalue weighted by molar-refractivity contribution is 0.0697. The number of aryl methyl sites for hydroxylation is 2. The van der Waals surface area contributed by atoms with Gasteiger partial charge in [0, 0.05) is 43.2 Å². The van der Waals surface area contributed by atoms with Gasteiger partial charge in [0.15, 0.2) is 0 Å². The fourth-order valence-electron chi connectivity index (χ4n) is 12.7. The number of hydrogen-bond acceptors (Lipinski definition) is 8. The molecule has 1 N–H and O–H groups in total. The Labute approximate surface area is 512 Å². The van der Waals surface area contributed by atoms with Crippen molar-refractivity contribution in [2.75, 3.05) is 18.1 Å². The Morgan fingerprint density at radius 2 is 1.01 bits per heavy atom. The van der Waals surface area contributed by atoms with Crippen LogP contribution in [0.25, 0.3) is 53.8 Å². The number of thiophene rings is 1. The van der Waals surface area contributed by atoms with E-state index in [4.69, 9.17) is 18.2 Å². The molecule has 0 saturated carbocycles. The maximum atomic E-state index is 11.9. The zero-order chi connectivity index (χ0) is 58.5. The van der Waals surface area contributed by atoms with E-state index in [0.717, 1.165) is 92.2 Å². The quantitative estimate of drug-likeness (QED) is 0.0449. The summed E-state index contributed by atoms with van der Waals surface area (Å²) in [5.41, 5.74) is 16.1. The molecule has 9 heteroatoms. The van der Waals surface area contributed by atoms with Crippen LogP contribution in [0, 0.1) is 0 Å². The highest BCUT2D eigenvalue weighted by Gasteiger charge is 2.46. The molecule has 1 aliphatic carbocycles. The van der Waals surface area contributed by atoms with E-state index < -0.39 is 11.4 Å². The molecule has 0 saturated heterocycles. The van der Waals surface area contributed by atoms with Crippen LogP contribution in [-0.2, 0) is 18.3 Å². The molecule has 85 heavy (non-hydrogen) atoms. The van der Waals surface area contributed by atoms with Crippen LogP contribution in [0.2, 0.25) is 0 Å². The van der Waals surface area contributed by atoms with Crippen LogP contribution < -0.4 is 14.4 Å². The molecule has 0 bridgehead atoms. The second-order valence-electron chi connectivity index (χ2n) is 23.1. The first-order valence-electron chi connectivity index (χ1n) is 31.6. The highest BCUT2D eigenvalue weighted by molar-refractivity contribution is 7.19. The molecule has 436 valence electrons. The normalized spacial score (nSPS) is 12.4. The van der Waals surface area contributed by atoms with Gasteiger partial charge in [0.1, 0.15) is 22.5 Å². The summed E-state index contributed by atoms with van der Waals surface area (Å²) >= 11 is 3.06. The van der Waals surface area contributed by atoms with E-state index in [1.807, 2.05) is 23.5 Å². The smallest absolute Gasteiger partial charge is 0.335 e. The summed E-state index contributed by atoms with van der Waals surface area (Å²) < 4.78 is 22.6. The van der Waals surface area contributed by atoms with E-state index in [2.05, 4.69) is 178 Å². The molecule has 0 unspecified atom stereocenters. The first kappa shape index (κ1) is 59.2. The molecule has 10 aromatic rings. The standard InChI is InChI=1S/C76H81N3O4S2/c1-5-9-13-17-22-53-26-34-57(35-27-53)76(58-36-28-54(29-37-58)23-18-14-10-6-2)67-25-21-24-64-69(79(59-38-42-61(43-39-59)82-50-19-15-11-7-3)60-40-44-62(45-41-60)83-51-20-16-12-8-4)49-48-66(71(64)67)74-68(76)52-70(84-74)65-47-46-63(72-73(65)78-85-77-72)55-30-32-56(33-31-55)75(80)81/h21,24-49,52H,5-20,22-23,50-51H2,1-4H3,(H,80,81). The Kier molecular flexibility index (Phi) is 19.5. The number of carboxylic acid groups (broad SMARTS) is 1. The van der Waals surface area contributed by atoms with Crippen molar-refractivity contribution in [3.63, 3.8) is 0 Å². The van der Waals surface area contributed by atoms with Gasteiger partial charge in [0.2, 0.25) is 0 Å². The largest absolute Gasteiger partial charge is 0.494 e. The number of hydrogen-bond donors (Lipinski definition) is 1. The lowest BCUT2D eigenvalue weighted by Gasteiger charge is -2.41. The molecule has 2 aromatic heterocycles. The first-order chi connectivity index (χ1) is 41.8. The molecule has 0 fully saturated rings. The summed E-state index contributed by atoms with van der Waals surface area (Å²) in [6, 6.07) is 62.3. The lowest BCUT2D eigenvalue weighted by Crippen LogP contribution is -2.33. The number of carboxylic acids is 1. The molecule has 0 spiro atoms. The predicted octanol–water partition coefficient (Wildman–Crippen LogP) is 21.9. The van der Waals surface area contributed by atoms with Crippen LogP contribution in [0.4, 0.5) is 17.1 Å². The molecule has 8 aromatic carbocycles. The van der Waals surface area contributed by atoms with E-state index in [-0.39, 0.29) is 5.56 Å². The maximum Gasteiger partial charge on any atom is 0.335 e. The van der Waals surface area contributed by atoms with E-state index in [9.17, 15) is 9.90 Å². The van der Waals surface area contributed by atoms with Crippen LogP contribution in [0.5, 0.6) is 11.5 Å². The Hall–Kier alpha value is -7.59. The summed E-state index contributed by atoms with van der Waals surface area (Å²) in [7, 11) is 0. The van der Waals surface area contributed by atoms with E-state index in [1.54, 1.807) is 12.1 Å². The maximum absolute atomic E-state index is 11.9. The molecule has 0 atom stereocenters. The highest BCUT2D eigenvalue weighted by Crippen LogP contribution is 2.60. The molecule has 11 rings (SSSR count). The van der Waals surface area contributed by atoms with Crippen molar-refractivity contribution in [2.45, 2.75) is 149 Å². The van der Waals surface area contributed by atoms with Gasteiger partial charge in [-0.1, -0.05) is 202 Å². The second kappa shape index (κ2) is 28.1. The number of aromatic carboxylic acids is 1. The van der Waals surface area contributed by atoms with E-state index in [0.29, 0.717) is 13.2 Å². The SMILES string of the molecule is CCCCCCOc1ccc(N(c2ccc(OCCCCCC)cc2)c2ccc3c4c(cccc24)C(c2ccc(CCCCCC)cc2)(c2ccc(CCCCCC)cc2)c2cc(-c4ccc(-c5ccc(C(=O)O)cc5)c5nsnc45)sc2-3)cc1. The summed E-state index contributed by atoms with van der Waals surface area (Å²) in [6.07, 6.45) is 21.2. The average molecular weight is 1160 g/mol. The third-order valence-corrected chi connectivity index (χ3v) is 19.0. The highest BCUT2D eigenvalue weighted by atomic mass is 32.1. The third kappa shape index (κ3) is 12.7. The number of anilines is 3. The van der Waals surface area contributed by atoms with Crippen LogP contribution in [0.15, 0.2) is 170 Å².